The molecule has 0 aliphatic rings. The predicted molar refractivity (Wildman–Crippen MR) is 83.3 cm³/mol. The van der Waals surface area contributed by atoms with Crippen LogP contribution in [0.2, 0.25) is 0 Å². The van der Waals surface area contributed by atoms with Crippen LogP contribution in [0.25, 0.3) is 0 Å². The van der Waals surface area contributed by atoms with E-state index >= 15 is 0 Å². The quantitative estimate of drug-likeness (QED) is 0.862. The van der Waals surface area contributed by atoms with Gasteiger partial charge in [-0.1, -0.05) is 22.0 Å². The van der Waals surface area contributed by atoms with Gasteiger partial charge in [-0.25, -0.2) is 0 Å². The van der Waals surface area contributed by atoms with E-state index in [2.05, 4.69) is 75.0 Å². The van der Waals surface area contributed by atoms with Gasteiger partial charge in [0.05, 0.1) is 0 Å². The summed E-state index contributed by atoms with van der Waals surface area (Å²) in [6, 6.07) is 12.6. The average Bonchev–Trinajstić information content (AvgIpc) is 2.84. The number of thiophene rings is 1. The molecule has 18 heavy (non-hydrogen) atoms. The van der Waals surface area contributed by atoms with Crippen molar-refractivity contribution in [3.63, 3.8) is 0 Å². The van der Waals surface area contributed by atoms with Crippen LogP contribution in [0.5, 0.6) is 0 Å². The standard InChI is InChI=1S/C14H17BrN2S/c1-17(11-14-3-2-10-18-14)9-8-16-13-6-4-12(15)5-7-13/h2-7,10,16H,8-9,11H2,1H3. The fourth-order valence-electron chi connectivity index (χ4n) is 1.71. The van der Waals surface area contributed by atoms with Crippen molar-refractivity contribution in [2.24, 2.45) is 0 Å². The zero-order valence-electron chi connectivity index (χ0n) is 10.4. The maximum atomic E-state index is 3.44. The van der Waals surface area contributed by atoms with Gasteiger partial charge in [-0.3, -0.25) is 4.90 Å². The van der Waals surface area contributed by atoms with Gasteiger partial charge in [0.25, 0.3) is 0 Å². The Morgan fingerprint density at radius 2 is 2.00 bits per heavy atom. The molecule has 4 heteroatoms. The third kappa shape index (κ3) is 4.44. The molecule has 96 valence electrons. The second-order valence-corrected chi connectivity index (χ2v) is 6.20. The third-order valence-electron chi connectivity index (χ3n) is 2.67. The minimum Gasteiger partial charge on any atom is -0.384 e. The molecule has 0 fully saturated rings. The Labute approximate surface area is 121 Å². The first-order valence-electron chi connectivity index (χ1n) is 5.94. The van der Waals surface area contributed by atoms with E-state index in [1.165, 1.54) is 10.6 Å². The lowest BCUT2D eigenvalue weighted by Crippen LogP contribution is -2.24. The van der Waals surface area contributed by atoms with Crippen LogP contribution in [-0.2, 0) is 6.54 Å². The predicted octanol–water partition coefficient (Wildman–Crippen LogP) is 4.05. The summed E-state index contributed by atoms with van der Waals surface area (Å²) in [7, 11) is 2.16. The van der Waals surface area contributed by atoms with E-state index in [1.54, 1.807) is 0 Å². The average molecular weight is 325 g/mol. The molecule has 0 aliphatic carbocycles. The lowest BCUT2D eigenvalue weighted by Gasteiger charge is -2.16. The first-order valence-corrected chi connectivity index (χ1v) is 7.61. The van der Waals surface area contributed by atoms with Crippen LogP contribution in [0.15, 0.2) is 46.3 Å². The van der Waals surface area contributed by atoms with E-state index in [0.717, 1.165) is 24.1 Å². The molecule has 1 heterocycles. The summed E-state index contributed by atoms with van der Waals surface area (Å²) in [6.07, 6.45) is 0. The Morgan fingerprint density at radius 1 is 1.22 bits per heavy atom. The molecule has 1 aromatic carbocycles. The topological polar surface area (TPSA) is 15.3 Å². The van der Waals surface area contributed by atoms with Crippen molar-refractivity contribution >= 4 is 33.0 Å². The van der Waals surface area contributed by atoms with Crippen LogP contribution < -0.4 is 5.32 Å². The molecule has 0 aliphatic heterocycles. The number of anilines is 1. The summed E-state index contributed by atoms with van der Waals surface area (Å²) in [6.45, 7) is 3.02. The molecular weight excluding hydrogens is 308 g/mol. The Morgan fingerprint density at radius 3 is 2.67 bits per heavy atom. The summed E-state index contributed by atoms with van der Waals surface area (Å²) in [5, 5.41) is 5.55. The van der Waals surface area contributed by atoms with Crippen molar-refractivity contribution in [1.82, 2.24) is 4.90 Å². The molecule has 2 nitrogen and oxygen atoms in total. The van der Waals surface area contributed by atoms with Gasteiger partial charge in [-0.05, 0) is 42.8 Å². The number of rotatable bonds is 6. The van der Waals surface area contributed by atoms with E-state index in [4.69, 9.17) is 0 Å². The lowest BCUT2D eigenvalue weighted by molar-refractivity contribution is 0.343. The maximum absolute atomic E-state index is 3.44. The molecule has 0 bridgehead atoms. The van der Waals surface area contributed by atoms with Crippen molar-refractivity contribution in [2.45, 2.75) is 6.54 Å². The van der Waals surface area contributed by atoms with Gasteiger partial charge in [0.2, 0.25) is 0 Å². The number of nitrogens with zero attached hydrogens (tertiary/aromatic N) is 1. The fourth-order valence-corrected chi connectivity index (χ4v) is 2.75. The highest BCUT2D eigenvalue weighted by molar-refractivity contribution is 9.10. The van der Waals surface area contributed by atoms with E-state index in [-0.39, 0.29) is 0 Å². The van der Waals surface area contributed by atoms with Crippen molar-refractivity contribution in [1.29, 1.82) is 0 Å². The number of halogens is 1. The van der Waals surface area contributed by atoms with Crippen molar-refractivity contribution in [3.8, 4) is 0 Å². The number of benzene rings is 1. The minimum absolute atomic E-state index is 0.962. The lowest BCUT2D eigenvalue weighted by atomic mass is 10.3. The summed E-state index contributed by atoms with van der Waals surface area (Å²) in [5.74, 6) is 0. The zero-order valence-corrected chi connectivity index (χ0v) is 12.8. The smallest absolute Gasteiger partial charge is 0.0341 e. The number of nitrogens with one attached hydrogen (secondary N) is 1. The van der Waals surface area contributed by atoms with Gasteiger partial charge in [0, 0.05) is 34.7 Å². The molecule has 1 N–H and O–H groups in total. The van der Waals surface area contributed by atoms with Crippen LogP contribution in [-0.4, -0.2) is 25.0 Å². The molecule has 0 unspecified atom stereocenters. The maximum Gasteiger partial charge on any atom is 0.0341 e. The normalized spacial score (nSPS) is 10.8. The Kier molecular flexibility index (Phi) is 5.23. The molecular formula is C14H17BrN2S. The van der Waals surface area contributed by atoms with E-state index in [0.29, 0.717) is 0 Å². The van der Waals surface area contributed by atoms with Crippen LogP contribution in [0.3, 0.4) is 0 Å². The van der Waals surface area contributed by atoms with Gasteiger partial charge < -0.3 is 5.32 Å². The molecule has 0 saturated heterocycles. The number of hydrogen-bond donors (Lipinski definition) is 1. The zero-order chi connectivity index (χ0) is 12.8. The van der Waals surface area contributed by atoms with Gasteiger partial charge >= 0.3 is 0 Å². The van der Waals surface area contributed by atoms with Crippen molar-refractivity contribution in [3.05, 3.63) is 51.1 Å². The Hall–Kier alpha value is -0.840. The van der Waals surface area contributed by atoms with Crippen LogP contribution in [0, 0.1) is 0 Å². The first-order chi connectivity index (χ1) is 8.74. The van der Waals surface area contributed by atoms with E-state index < -0.39 is 0 Å². The van der Waals surface area contributed by atoms with E-state index in [1.807, 2.05) is 11.3 Å². The molecule has 2 aromatic rings. The molecule has 0 radical (unpaired) electrons. The Balaban J connectivity index is 1.70. The highest BCUT2D eigenvalue weighted by Crippen LogP contribution is 2.14. The van der Waals surface area contributed by atoms with Crippen molar-refractivity contribution in [2.75, 3.05) is 25.5 Å². The van der Waals surface area contributed by atoms with Crippen LogP contribution in [0.1, 0.15) is 4.88 Å². The van der Waals surface area contributed by atoms with Crippen LogP contribution >= 0.6 is 27.3 Å². The molecule has 0 atom stereocenters. The van der Waals surface area contributed by atoms with Crippen molar-refractivity contribution < 1.29 is 0 Å². The van der Waals surface area contributed by atoms with E-state index in [9.17, 15) is 0 Å². The van der Waals surface area contributed by atoms with Gasteiger partial charge in [-0.2, -0.15) is 0 Å². The highest BCUT2D eigenvalue weighted by Gasteiger charge is 2.00. The number of hydrogen-bond acceptors (Lipinski definition) is 3. The molecule has 0 saturated carbocycles. The minimum atomic E-state index is 0.962. The summed E-state index contributed by atoms with van der Waals surface area (Å²) in [4.78, 5) is 3.75. The summed E-state index contributed by atoms with van der Waals surface area (Å²) in [5.41, 5.74) is 1.17. The Bertz CT molecular complexity index is 453. The van der Waals surface area contributed by atoms with Gasteiger partial charge in [-0.15, -0.1) is 11.3 Å². The molecule has 0 spiro atoms. The summed E-state index contributed by atoms with van der Waals surface area (Å²) < 4.78 is 1.11. The van der Waals surface area contributed by atoms with Gasteiger partial charge in [0.15, 0.2) is 0 Å². The van der Waals surface area contributed by atoms with Gasteiger partial charge in [0.1, 0.15) is 0 Å². The monoisotopic (exact) mass is 324 g/mol. The second kappa shape index (κ2) is 6.92. The second-order valence-electron chi connectivity index (χ2n) is 4.25. The first kappa shape index (κ1) is 13.6. The SMILES string of the molecule is CN(CCNc1ccc(Br)cc1)Cc1cccs1. The fraction of sp³-hybridized carbons (Fsp3) is 0.286. The van der Waals surface area contributed by atoms with Crippen LogP contribution in [0.4, 0.5) is 5.69 Å². The third-order valence-corrected chi connectivity index (χ3v) is 4.06. The molecule has 1 aromatic heterocycles. The molecule has 2 rings (SSSR count). The highest BCUT2D eigenvalue weighted by atomic mass is 79.9. The molecule has 0 amide bonds. The largest absolute Gasteiger partial charge is 0.384 e. The number of likely N-dealkylation sites (N-methyl/N-ethyl adjacent to an activating group) is 1. The summed E-state index contributed by atoms with van der Waals surface area (Å²) >= 11 is 5.25.